The molecular weight excluding hydrogens is 274 g/mol. The molecule has 0 bridgehead atoms. The maximum Gasteiger partial charge on any atom is 0.313 e. The second-order valence-corrected chi connectivity index (χ2v) is 7.71. The van der Waals surface area contributed by atoms with Crippen LogP contribution in [0.3, 0.4) is 0 Å². The lowest BCUT2D eigenvalue weighted by atomic mass is 9.87. The lowest BCUT2D eigenvalue weighted by molar-refractivity contribution is -0.133. The molecule has 0 aromatic carbocycles. The highest BCUT2D eigenvalue weighted by atomic mass is 32.2. The molecule has 1 aliphatic rings. The zero-order chi connectivity index (χ0) is 15.0. The molecule has 1 fully saturated rings. The highest BCUT2D eigenvalue weighted by molar-refractivity contribution is 7.99. The van der Waals surface area contributed by atoms with E-state index in [4.69, 9.17) is 5.11 Å². The van der Waals surface area contributed by atoms with Crippen LogP contribution in [0.25, 0.3) is 0 Å². The van der Waals surface area contributed by atoms with E-state index in [1.807, 2.05) is 0 Å². The van der Waals surface area contributed by atoms with E-state index in [0.29, 0.717) is 5.16 Å². The average molecular weight is 297 g/mol. The maximum absolute atomic E-state index is 10.8. The molecule has 2 rings (SSSR count). The second kappa shape index (κ2) is 5.39. The lowest BCUT2D eigenvalue weighted by Crippen LogP contribution is -2.32. The molecule has 1 saturated carbocycles. The van der Waals surface area contributed by atoms with Gasteiger partial charge in [-0.15, -0.1) is 10.2 Å². The lowest BCUT2D eigenvalue weighted by Gasteiger charge is -2.31. The summed E-state index contributed by atoms with van der Waals surface area (Å²) in [6.07, 6.45) is 4.71. The molecule has 112 valence electrons. The number of hydrogen-bond donors (Lipinski definition) is 1. The number of hydrogen-bond acceptors (Lipinski definition) is 4. The Bertz CT molecular complexity index is 499. The normalized spacial score (nSPS) is 18.4. The van der Waals surface area contributed by atoms with Crippen molar-refractivity contribution >= 4 is 17.7 Å². The third-order valence-electron chi connectivity index (χ3n) is 3.88. The van der Waals surface area contributed by atoms with Crippen molar-refractivity contribution in [2.45, 2.75) is 69.5 Å². The first-order valence-corrected chi connectivity index (χ1v) is 8.03. The predicted molar refractivity (Wildman–Crippen MR) is 79.2 cm³/mol. The van der Waals surface area contributed by atoms with Crippen LogP contribution in [-0.4, -0.2) is 31.6 Å². The van der Waals surface area contributed by atoms with Crippen molar-refractivity contribution in [3.8, 4) is 0 Å². The van der Waals surface area contributed by atoms with Crippen molar-refractivity contribution < 1.29 is 9.90 Å². The summed E-state index contributed by atoms with van der Waals surface area (Å²) in [6, 6.07) is 0. The molecule has 0 radical (unpaired) electrons. The molecule has 0 aliphatic heterocycles. The average Bonchev–Trinajstić information content (AvgIpc) is 2.92. The van der Waals surface area contributed by atoms with E-state index < -0.39 is 5.97 Å². The van der Waals surface area contributed by atoms with Crippen molar-refractivity contribution in [3.63, 3.8) is 0 Å². The summed E-state index contributed by atoms with van der Waals surface area (Å²) in [5, 5.41) is 18.2. The summed E-state index contributed by atoms with van der Waals surface area (Å²) >= 11 is 1.25. The Morgan fingerprint density at radius 2 is 1.95 bits per heavy atom. The molecule has 1 aromatic rings. The number of nitrogens with zero attached hydrogens (tertiary/aromatic N) is 3. The van der Waals surface area contributed by atoms with E-state index in [1.165, 1.54) is 24.6 Å². The van der Waals surface area contributed by atoms with Crippen LogP contribution >= 0.6 is 11.8 Å². The van der Waals surface area contributed by atoms with E-state index in [9.17, 15) is 4.79 Å². The number of aromatic nitrogens is 3. The van der Waals surface area contributed by atoms with Crippen LogP contribution in [0, 0.1) is 0 Å². The van der Waals surface area contributed by atoms with Crippen LogP contribution in [0.4, 0.5) is 0 Å². The summed E-state index contributed by atoms with van der Waals surface area (Å²) in [7, 11) is 0. The first-order chi connectivity index (χ1) is 9.24. The van der Waals surface area contributed by atoms with Gasteiger partial charge >= 0.3 is 5.97 Å². The summed E-state index contributed by atoms with van der Waals surface area (Å²) in [6.45, 7) is 8.59. The smallest absolute Gasteiger partial charge is 0.313 e. The number of aliphatic carboxylic acids is 1. The fourth-order valence-corrected chi connectivity index (χ4v) is 3.70. The topological polar surface area (TPSA) is 68.0 Å². The Labute approximate surface area is 124 Å². The van der Waals surface area contributed by atoms with Gasteiger partial charge in [-0.2, -0.15) is 0 Å². The number of carboxylic acid groups (broad SMARTS) is 1. The van der Waals surface area contributed by atoms with Crippen molar-refractivity contribution in [2.24, 2.45) is 0 Å². The van der Waals surface area contributed by atoms with Crippen molar-refractivity contribution in [1.29, 1.82) is 0 Å². The summed E-state index contributed by atoms with van der Waals surface area (Å²) in [5.74, 6) is 0.202. The Morgan fingerprint density at radius 1 is 1.35 bits per heavy atom. The molecule has 1 aliphatic carbocycles. The molecule has 20 heavy (non-hydrogen) atoms. The molecular formula is C14H23N3O2S. The van der Waals surface area contributed by atoms with Gasteiger partial charge in [0.15, 0.2) is 5.16 Å². The number of rotatable bonds is 4. The number of thioether (sulfide) groups is 1. The quantitative estimate of drug-likeness (QED) is 0.865. The van der Waals surface area contributed by atoms with E-state index in [-0.39, 0.29) is 16.7 Å². The Morgan fingerprint density at radius 3 is 2.45 bits per heavy atom. The summed E-state index contributed by atoms with van der Waals surface area (Å²) < 4.78 is 2.13. The Balaban J connectivity index is 2.40. The largest absolute Gasteiger partial charge is 0.481 e. The molecule has 0 atom stereocenters. The molecule has 0 saturated heterocycles. The van der Waals surface area contributed by atoms with Gasteiger partial charge in [0, 0.05) is 11.0 Å². The zero-order valence-corrected chi connectivity index (χ0v) is 13.5. The van der Waals surface area contributed by atoms with Gasteiger partial charge in [-0.3, -0.25) is 4.79 Å². The van der Waals surface area contributed by atoms with Gasteiger partial charge < -0.3 is 9.67 Å². The molecule has 0 unspecified atom stereocenters. The minimum atomic E-state index is -0.827. The van der Waals surface area contributed by atoms with E-state index in [0.717, 1.165) is 18.7 Å². The number of carbonyl (C=O) groups is 1. The zero-order valence-electron chi connectivity index (χ0n) is 12.6. The van der Waals surface area contributed by atoms with Gasteiger partial charge in [0.1, 0.15) is 5.82 Å². The van der Waals surface area contributed by atoms with E-state index in [2.05, 4.69) is 42.5 Å². The fourth-order valence-electron chi connectivity index (χ4n) is 2.86. The second-order valence-electron chi connectivity index (χ2n) is 6.76. The van der Waals surface area contributed by atoms with Crippen LogP contribution in [0.1, 0.15) is 59.2 Å². The van der Waals surface area contributed by atoms with Gasteiger partial charge in [-0.05, 0) is 33.6 Å². The minimum absolute atomic E-state index is 0.0188. The van der Waals surface area contributed by atoms with Crippen LogP contribution in [0.2, 0.25) is 0 Å². The van der Waals surface area contributed by atoms with Crippen molar-refractivity contribution in [2.75, 3.05) is 5.75 Å². The SMILES string of the molecule is CC1(c2nnc(SCC(=O)O)n2C(C)(C)C)CCCC1. The highest BCUT2D eigenvalue weighted by Gasteiger charge is 2.38. The first kappa shape index (κ1) is 15.4. The van der Waals surface area contributed by atoms with Gasteiger partial charge in [0.05, 0.1) is 5.75 Å². The van der Waals surface area contributed by atoms with Gasteiger partial charge in [-0.1, -0.05) is 31.5 Å². The summed E-state index contributed by atoms with van der Waals surface area (Å²) in [4.78, 5) is 10.8. The fraction of sp³-hybridized carbons (Fsp3) is 0.786. The van der Waals surface area contributed by atoms with Crippen LogP contribution in [0.5, 0.6) is 0 Å². The van der Waals surface area contributed by atoms with Crippen molar-refractivity contribution in [1.82, 2.24) is 14.8 Å². The van der Waals surface area contributed by atoms with Crippen molar-refractivity contribution in [3.05, 3.63) is 5.82 Å². The van der Waals surface area contributed by atoms with Crippen LogP contribution in [-0.2, 0) is 15.7 Å². The maximum atomic E-state index is 10.8. The summed E-state index contributed by atoms with van der Waals surface area (Å²) in [5.41, 5.74) is -0.0758. The standard InChI is InChI=1S/C14H23N3O2S/c1-13(2,3)17-11(14(4)7-5-6-8-14)15-16-12(17)20-9-10(18)19/h5-9H2,1-4H3,(H,18,19). The minimum Gasteiger partial charge on any atom is -0.481 e. The molecule has 1 N–H and O–H groups in total. The molecule has 6 heteroatoms. The molecule has 0 spiro atoms. The molecule has 1 heterocycles. The van der Waals surface area contributed by atoms with Gasteiger partial charge in [-0.25, -0.2) is 0 Å². The Hall–Kier alpha value is -1.04. The third kappa shape index (κ3) is 3.00. The highest BCUT2D eigenvalue weighted by Crippen LogP contribution is 2.42. The third-order valence-corrected chi connectivity index (χ3v) is 4.79. The van der Waals surface area contributed by atoms with E-state index in [1.54, 1.807) is 0 Å². The molecule has 1 aromatic heterocycles. The van der Waals surface area contributed by atoms with Gasteiger partial charge in [0.25, 0.3) is 0 Å². The number of carboxylic acids is 1. The molecule has 5 nitrogen and oxygen atoms in total. The molecule has 0 amide bonds. The van der Waals surface area contributed by atoms with Crippen LogP contribution in [0.15, 0.2) is 5.16 Å². The van der Waals surface area contributed by atoms with E-state index >= 15 is 0 Å². The van der Waals surface area contributed by atoms with Gasteiger partial charge in [0.2, 0.25) is 0 Å². The Kier molecular flexibility index (Phi) is 4.14. The first-order valence-electron chi connectivity index (χ1n) is 7.05. The van der Waals surface area contributed by atoms with Crippen LogP contribution < -0.4 is 0 Å². The predicted octanol–water partition coefficient (Wildman–Crippen LogP) is 3.04. The monoisotopic (exact) mass is 297 g/mol.